The van der Waals surface area contributed by atoms with Crippen LogP contribution in [0.25, 0.3) is 0 Å². The van der Waals surface area contributed by atoms with Gasteiger partial charge in [0.1, 0.15) is 6.04 Å². The summed E-state index contributed by atoms with van der Waals surface area (Å²) in [5.41, 5.74) is 0. The third-order valence-corrected chi connectivity index (χ3v) is 4.01. The standard InChI is InChI=1S/C14H25NO3S/c1-2-3-4-5-6-7-11-10-15(12(16)8-9-19)13(11)14(17)18/h11,13,19H,2-10H2,1H3,(H,17,18). The highest BCUT2D eigenvalue weighted by Gasteiger charge is 2.45. The fraction of sp³-hybridized carbons (Fsp3) is 0.857. The molecule has 5 heteroatoms. The van der Waals surface area contributed by atoms with Crippen LogP contribution in [0, 0.1) is 5.92 Å². The molecular weight excluding hydrogens is 262 g/mol. The van der Waals surface area contributed by atoms with Crippen molar-refractivity contribution in [1.29, 1.82) is 0 Å². The van der Waals surface area contributed by atoms with Crippen molar-refractivity contribution in [2.45, 2.75) is 57.9 Å². The SMILES string of the molecule is CCCCCCCC1CN(C(=O)CCS)C1C(=O)O. The summed E-state index contributed by atoms with van der Waals surface area (Å²) in [6.07, 6.45) is 7.18. The quantitative estimate of drug-likeness (QED) is 0.506. The van der Waals surface area contributed by atoms with Gasteiger partial charge in [-0.1, -0.05) is 39.0 Å². The van der Waals surface area contributed by atoms with E-state index in [9.17, 15) is 14.7 Å². The number of amides is 1. The molecule has 19 heavy (non-hydrogen) atoms. The predicted molar refractivity (Wildman–Crippen MR) is 78.5 cm³/mol. The molecule has 1 heterocycles. The smallest absolute Gasteiger partial charge is 0.326 e. The number of likely N-dealkylation sites (tertiary alicyclic amines) is 1. The fourth-order valence-electron chi connectivity index (χ4n) is 2.67. The van der Waals surface area contributed by atoms with Crippen LogP contribution in [-0.2, 0) is 9.59 Å². The molecule has 1 fully saturated rings. The normalized spacial score (nSPS) is 22.1. The van der Waals surface area contributed by atoms with Crippen LogP contribution in [0.3, 0.4) is 0 Å². The third kappa shape index (κ3) is 4.71. The zero-order chi connectivity index (χ0) is 14.3. The molecule has 2 unspecified atom stereocenters. The number of carboxylic acid groups (broad SMARTS) is 1. The molecule has 1 aliphatic rings. The largest absolute Gasteiger partial charge is 0.480 e. The Labute approximate surface area is 121 Å². The molecule has 1 aliphatic heterocycles. The molecule has 0 aromatic rings. The van der Waals surface area contributed by atoms with Gasteiger partial charge in [0.25, 0.3) is 0 Å². The minimum atomic E-state index is -0.864. The Kier molecular flexibility index (Phi) is 7.28. The first-order valence-electron chi connectivity index (χ1n) is 7.25. The summed E-state index contributed by atoms with van der Waals surface area (Å²) in [6.45, 7) is 2.79. The van der Waals surface area contributed by atoms with Crippen LogP contribution < -0.4 is 0 Å². The van der Waals surface area contributed by atoms with Crippen LogP contribution >= 0.6 is 12.6 Å². The first kappa shape index (κ1) is 16.3. The highest BCUT2D eigenvalue weighted by atomic mass is 32.1. The molecule has 1 rings (SSSR count). The molecule has 0 aromatic heterocycles. The van der Waals surface area contributed by atoms with Crippen LogP contribution in [0.2, 0.25) is 0 Å². The second-order valence-electron chi connectivity index (χ2n) is 5.27. The second-order valence-corrected chi connectivity index (χ2v) is 5.71. The zero-order valence-electron chi connectivity index (χ0n) is 11.7. The molecule has 1 N–H and O–H groups in total. The maximum absolute atomic E-state index is 11.7. The van der Waals surface area contributed by atoms with Crippen molar-refractivity contribution in [2.75, 3.05) is 12.3 Å². The lowest BCUT2D eigenvalue weighted by atomic mass is 9.83. The van der Waals surface area contributed by atoms with E-state index in [2.05, 4.69) is 19.6 Å². The van der Waals surface area contributed by atoms with Crippen LogP contribution in [-0.4, -0.2) is 40.2 Å². The van der Waals surface area contributed by atoms with Gasteiger partial charge in [0.2, 0.25) is 5.91 Å². The van der Waals surface area contributed by atoms with Crippen molar-refractivity contribution in [3.05, 3.63) is 0 Å². The minimum Gasteiger partial charge on any atom is -0.480 e. The average molecular weight is 287 g/mol. The summed E-state index contributed by atoms with van der Waals surface area (Å²) < 4.78 is 0. The first-order chi connectivity index (χ1) is 9.11. The van der Waals surface area contributed by atoms with Gasteiger partial charge in [-0.3, -0.25) is 4.79 Å². The maximum atomic E-state index is 11.7. The lowest BCUT2D eigenvalue weighted by molar-refractivity contribution is -0.163. The molecule has 110 valence electrons. The molecule has 0 aliphatic carbocycles. The summed E-state index contributed by atoms with van der Waals surface area (Å²) in [7, 11) is 0. The van der Waals surface area contributed by atoms with E-state index in [-0.39, 0.29) is 11.8 Å². The molecule has 4 nitrogen and oxygen atoms in total. The van der Waals surface area contributed by atoms with E-state index in [1.54, 1.807) is 0 Å². The van der Waals surface area contributed by atoms with Crippen LogP contribution in [0.15, 0.2) is 0 Å². The summed E-state index contributed by atoms with van der Waals surface area (Å²) in [5.74, 6) is -0.325. The van der Waals surface area contributed by atoms with Gasteiger partial charge in [0.15, 0.2) is 0 Å². The number of aliphatic carboxylic acids is 1. The molecule has 0 aromatic carbocycles. The van der Waals surface area contributed by atoms with Gasteiger partial charge in [-0.15, -0.1) is 0 Å². The number of rotatable bonds is 9. The number of hydrogen-bond donors (Lipinski definition) is 2. The number of carboxylic acids is 1. The number of thiol groups is 1. The van der Waals surface area contributed by atoms with Gasteiger partial charge >= 0.3 is 5.97 Å². The molecule has 2 atom stereocenters. The van der Waals surface area contributed by atoms with E-state index in [4.69, 9.17) is 0 Å². The van der Waals surface area contributed by atoms with E-state index in [1.165, 1.54) is 30.6 Å². The maximum Gasteiger partial charge on any atom is 0.326 e. The van der Waals surface area contributed by atoms with Crippen LogP contribution in [0.1, 0.15) is 51.9 Å². The topological polar surface area (TPSA) is 57.6 Å². The van der Waals surface area contributed by atoms with Gasteiger partial charge < -0.3 is 10.0 Å². The van der Waals surface area contributed by atoms with Gasteiger partial charge in [-0.2, -0.15) is 12.6 Å². The van der Waals surface area contributed by atoms with Gasteiger partial charge in [0.05, 0.1) is 0 Å². The second kappa shape index (κ2) is 8.46. The Morgan fingerprint density at radius 2 is 1.95 bits per heavy atom. The van der Waals surface area contributed by atoms with Crippen molar-refractivity contribution in [1.82, 2.24) is 4.90 Å². The predicted octanol–water partition coefficient (Wildman–Crippen LogP) is 2.58. The third-order valence-electron chi connectivity index (χ3n) is 3.79. The lowest BCUT2D eigenvalue weighted by Gasteiger charge is -2.45. The minimum absolute atomic E-state index is 0.0790. The van der Waals surface area contributed by atoms with Crippen LogP contribution in [0.4, 0.5) is 0 Å². The van der Waals surface area contributed by atoms with E-state index < -0.39 is 12.0 Å². The number of nitrogens with zero attached hydrogens (tertiary/aromatic N) is 1. The molecule has 1 saturated heterocycles. The van der Waals surface area contributed by atoms with Crippen molar-refractivity contribution in [3.8, 4) is 0 Å². The van der Waals surface area contributed by atoms with Crippen molar-refractivity contribution >= 4 is 24.5 Å². The summed E-state index contributed by atoms with van der Waals surface area (Å²) in [4.78, 5) is 24.4. The number of hydrogen-bond acceptors (Lipinski definition) is 3. The Balaban J connectivity index is 2.32. The van der Waals surface area contributed by atoms with Crippen molar-refractivity contribution in [2.24, 2.45) is 5.92 Å². The Bertz CT molecular complexity index is 309. The number of unbranched alkanes of at least 4 members (excludes halogenated alkanes) is 4. The highest BCUT2D eigenvalue weighted by molar-refractivity contribution is 7.80. The van der Waals surface area contributed by atoms with E-state index >= 15 is 0 Å². The molecule has 0 spiro atoms. The van der Waals surface area contributed by atoms with Crippen LogP contribution in [0.5, 0.6) is 0 Å². The summed E-state index contributed by atoms with van der Waals surface area (Å²) in [6, 6.07) is -0.599. The average Bonchev–Trinajstić information content (AvgIpc) is 2.31. The summed E-state index contributed by atoms with van der Waals surface area (Å²) >= 11 is 4.02. The first-order valence-corrected chi connectivity index (χ1v) is 7.88. The van der Waals surface area contributed by atoms with E-state index in [0.717, 1.165) is 12.8 Å². The molecule has 0 radical (unpaired) electrons. The number of carbonyl (C=O) groups excluding carboxylic acids is 1. The van der Waals surface area contributed by atoms with Crippen molar-refractivity contribution < 1.29 is 14.7 Å². The molecule has 0 bridgehead atoms. The fourth-order valence-corrected chi connectivity index (χ4v) is 2.86. The number of carbonyl (C=O) groups is 2. The lowest BCUT2D eigenvalue weighted by Crippen LogP contribution is -2.62. The van der Waals surface area contributed by atoms with Crippen molar-refractivity contribution in [3.63, 3.8) is 0 Å². The summed E-state index contributed by atoms with van der Waals surface area (Å²) in [5, 5.41) is 9.22. The van der Waals surface area contributed by atoms with Gasteiger partial charge in [0, 0.05) is 18.9 Å². The Hall–Kier alpha value is -0.710. The molecule has 0 saturated carbocycles. The zero-order valence-corrected chi connectivity index (χ0v) is 12.6. The molecule has 1 amide bonds. The highest BCUT2D eigenvalue weighted by Crippen LogP contribution is 2.30. The van der Waals surface area contributed by atoms with E-state index in [0.29, 0.717) is 18.7 Å². The molecular formula is C14H25NO3S. The Morgan fingerprint density at radius 1 is 1.26 bits per heavy atom. The monoisotopic (exact) mass is 287 g/mol. The van der Waals surface area contributed by atoms with Gasteiger partial charge in [-0.05, 0) is 12.2 Å². The van der Waals surface area contributed by atoms with E-state index in [1.807, 2.05) is 0 Å². The van der Waals surface area contributed by atoms with Gasteiger partial charge in [-0.25, -0.2) is 4.79 Å². The Morgan fingerprint density at radius 3 is 2.53 bits per heavy atom.